The van der Waals surface area contributed by atoms with E-state index >= 15 is 0 Å². The highest BCUT2D eigenvalue weighted by molar-refractivity contribution is 6.30. The minimum Gasteiger partial charge on any atom is -0.507 e. The fourth-order valence-electron chi connectivity index (χ4n) is 3.31. The molecule has 0 aromatic heterocycles. The fourth-order valence-corrected chi connectivity index (χ4v) is 3.31. The third kappa shape index (κ3) is 2.73. The molecule has 1 aliphatic carbocycles. The molecule has 0 amide bonds. The fraction of sp³-hybridized carbons (Fsp3) is 0.182. The summed E-state index contributed by atoms with van der Waals surface area (Å²) in [5.41, 5.74) is 2.95. The number of aromatic hydroxyl groups is 2. The second-order valence-corrected chi connectivity index (χ2v) is 6.92. The Morgan fingerprint density at radius 3 is 1.42 bits per heavy atom. The molecule has 0 saturated heterocycles. The lowest BCUT2D eigenvalue weighted by atomic mass is 9.80. The smallest absolute Gasteiger partial charge is 0.198 e. The SMILES string of the molecule is C=C(C)Cc1ccc2c(c1O)C(=O)c1ccc(CC(=C)C)c(O)c1C2=O. The van der Waals surface area contributed by atoms with Gasteiger partial charge in [0.2, 0.25) is 0 Å². The van der Waals surface area contributed by atoms with E-state index in [2.05, 4.69) is 13.2 Å². The molecular weight excluding hydrogens is 328 g/mol. The summed E-state index contributed by atoms with van der Waals surface area (Å²) in [6.07, 6.45) is 0.826. The Kier molecular flexibility index (Phi) is 4.28. The molecule has 132 valence electrons. The van der Waals surface area contributed by atoms with Crippen molar-refractivity contribution in [2.24, 2.45) is 0 Å². The predicted octanol–water partition coefficient (Wildman–Crippen LogP) is 4.11. The van der Waals surface area contributed by atoms with Gasteiger partial charge >= 0.3 is 0 Å². The number of phenols is 2. The molecule has 0 radical (unpaired) electrons. The molecule has 0 saturated carbocycles. The van der Waals surface area contributed by atoms with Crippen LogP contribution in [0.4, 0.5) is 0 Å². The molecule has 0 atom stereocenters. The van der Waals surface area contributed by atoms with Crippen molar-refractivity contribution in [2.75, 3.05) is 0 Å². The molecule has 2 N–H and O–H groups in total. The van der Waals surface area contributed by atoms with Crippen LogP contribution in [0.15, 0.2) is 48.6 Å². The lowest BCUT2D eigenvalue weighted by Gasteiger charge is -2.22. The summed E-state index contributed by atoms with van der Waals surface area (Å²) >= 11 is 0. The molecule has 0 aliphatic heterocycles. The first-order valence-electron chi connectivity index (χ1n) is 8.30. The van der Waals surface area contributed by atoms with Gasteiger partial charge in [0.15, 0.2) is 11.6 Å². The number of fused-ring (bicyclic) bond motifs is 2. The molecule has 2 aromatic carbocycles. The Balaban J connectivity index is 2.20. The lowest BCUT2D eigenvalue weighted by Crippen LogP contribution is -2.22. The van der Waals surface area contributed by atoms with Gasteiger partial charge in [0.1, 0.15) is 11.5 Å². The monoisotopic (exact) mass is 348 g/mol. The first-order chi connectivity index (χ1) is 12.2. The van der Waals surface area contributed by atoms with E-state index in [-0.39, 0.29) is 33.8 Å². The van der Waals surface area contributed by atoms with Crippen LogP contribution < -0.4 is 0 Å². The molecule has 2 aromatic rings. The summed E-state index contributed by atoms with van der Waals surface area (Å²) in [6, 6.07) is 6.30. The highest BCUT2D eigenvalue weighted by atomic mass is 16.3. The molecule has 0 unspecified atom stereocenters. The number of hydrogen-bond donors (Lipinski definition) is 2. The maximum absolute atomic E-state index is 12.9. The quantitative estimate of drug-likeness (QED) is 0.696. The van der Waals surface area contributed by atoms with E-state index in [1.165, 1.54) is 12.1 Å². The summed E-state index contributed by atoms with van der Waals surface area (Å²) in [4.78, 5) is 25.9. The molecule has 0 bridgehead atoms. The van der Waals surface area contributed by atoms with Crippen LogP contribution in [-0.4, -0.2) is 21.8 Å². The summed E-state index contributed by atoms with van der Waals surface area (Å²) < 4.78 is 0. The molecule has 0 heterocycles. The van der Waals surface area contributed by atoms with Crippen molar-refractivity contribution >= 4 is 11.6 Å². The van der Waals surface area contributed by atoms with E-state index in [4.69, 9.17) is 0 Å². The Morgan fingerprint density at radius 2 is 1.12 bits per heavy atom. The van der Waals surface area contributed by atoms with E-state index in [9.17, 15) is 19.8 Å². The average molecular weight is 348 g/mol. The van der Waals surface area contributed by atoms with Crippen molar-refractivity contribution in [2.45, 2.75) is 26.7 Å². The van der Waals surface area contributed by atoms with Gasteiger partial charge in [-0.05, 0) is 49.9 Å². The van der Waals surface area contributed by atoms with Crippen molar-refractivity contribution in [1.82, 2.24) is 0 Å². The first kappa shape index (κ1) is 17.7. The van der Waals surface area contributed by atoms with Crippen molar-refractivity contribution in [3.05, 3.63) is 82.0 Å². The number of hydrogen-bond acceptors (Lipinski definition) is 4. The van der Waals surface area contributed by atoms with Crippen LogP contribution in [0.5, 0.6) is 11.5 Å². The Labute approximate surface area is 152 Å². The number of allylic oxidation sites excluding steroid dienone is 2. The summed E-state index contributed by atoms with van der Waals surface area (Å²) in [5.74, 6) is -1.32. The number of ketones is 2. The molecule has 4 nitrogen and oxygen atoms in total. The highest BCUT2D eigenvalue weighted by Gasteiger charge is 2.35. The van der Waals surface area contributed by atoms with Crippen LogP contribution in [0, 0.1) is 0 Å². The zero-order valence-corrected chi connectivity index (χ0v) is 14.8. The van der Waals surface area contributed by atoms with Gasteiger partial charge in [-0.2, -0.15) is 0 Å². The maximum atomic E-state index is 12.9. The third-order valence-electron chi connectivity index (χ3n) is 4.45. The van der Waals surface area contributed by atoms with E-state index in [1.54, 1.807) is 12.1 Å². The van der Waals surface area contributed by atoms with Gasteiger partial charge in [-0.1, -0.05) is 36.4 Å². The van der Waals surface area contributed by atoms with Crippen LogP contribution in [0.1, 0.15) is 56.8 Å². The molecule has 26 heavy (non-hydrogen) atoms. The number of benzene rings is 2. The van der Waals surface area contributed by atoms with Crippen molar-refractivity contribution < 1.29 is 19.8 Å². The molecule has 3 rings (SSSR count). The number of phenolic OH excluding ortho intramolecular Hbond substituents is 2. The highest BCUT2D eigenvalue weighted by Crippen LogP contribution is 2.39. The number of carbonyl (C=O) groups excluding carboxylic acids is 2. The van der Waals surface area contributed by atoms with Gasteiger partial charge < -0.3 is 10.2 Å². The number of rotatable bonds is 4. The van der Waals surface area contributed by atoms with Crippen LogP contribution in [0.3, 0.4) is 0 Å². The average Bonchev–Trinajstić information content (AvgIpc) is 2.55. The molecule has 1 aliphatic rings. The molecular formula is C22H20O4. The van der Waals surface area contributed by atoms with Gasteiger partial charge in [-0.3, -0.25) is 9.59 Å². The van der Waals surface area contributed by atoms with Crippen LogP contribution >= 0.6 is 0 Å². The van der Waals surface area contributed by atoms with E-state index in [1.807, 2.05) is 13.8 Å². The van der Waals surface area contributed by atoms with Crippen LogP contribution in [0.2, 0.25) is 0 Å². The topological polar surface area (TPSA) is 74.6 Å². The van der Waals surface area contributed by atoms with Crippen LogP contribution in [-0.2, 0) is 12.8 Å². The largest absolute Gasteiger partial charge is 0.507 e. The Bertz CT molecular complexity index is 914. The van der Waals surface area contributed by atoms with Gasteiger partial charge in [0, 0.05) is 11.1 Å². The normalized spacial score (nSPS) is 12.5. The Hall–Kier alpha value is -3.14. The summed E-state index contributed by atoms with van der Waals surface area (Å²) in [7, 11) is 0. The van der Waals surface area contributed by atoms with E-state index < -0.39 is 11.6 Å². The van der Waals surface area contributed by atoms with Gasteiger partial charge in [-0.25, -0.2) is 0 Å². The standard InChI is InChI=1S/C22H20O4/c1-11(2)9-13-5-7-15-17(19(13)23)21(25)16-8-6-14(10-12(3)4)20(24)18(16)22(15)26/h5-8,23-24H,1,3,9-10H2,2,4H3. The zero-order chi connectivity index (χ0) is 19.2. The second-order valence-electron chi connectivity index (χ2n) is 6.92. The second kappa shape index (κ2) is 6.30. The summed E-state index contributed by atoms with van der Waals surface area (Å²) in [5, 5.41) is 21.1. The maximum Gasteiger partial charge on any atom is 0.198 e. The van der Waals surface area contributed by atoms with Gasteiger partial charge in [0.05, 0.1) is 11.1 Å². The predicted molar refractivity (Wildman–Crippen MR) is 100 cm³/mol. The van der Waals surface area contributed by atoms with Gasteiger partial charge in [0.25, 0.3) is 0 Å². The molecule has 4 heteroatoms. The Morgan fingerprint density at radius 1 is 0.769 bits per heavy atom. The summed E-state index contributed by atoms with van der Waals surface area (Å²) in [6.45, 7) is 11.3. The van der Waals surface area contributed by atoms with Gasteiger partial charge in [-0.15, -0.1) is 0 Å². The number of carbonyl (C=O) groups is 2. The van der Waals surface area contributed by atoms with Crippen LogP contribution in [0.25, 0.3) is 0 Å². The minimum atomic E-state index is -0.465. The zero-order valence-electron chi connectivity index (χ0n) is 14.8. The first-order valence-corrected chi connectivity index (χ1v) is 8.30. The van der Waals surface area contributed by atoms with E-state index in [0.29, 0.717) is 24.0 Å². The van der Waals surface area contributed by atoms with Crippen molar-refractivity contribution in [3.63, 3.8) is 0 Å². The molecule has 0 spiro atoms. The van der Waals surface area contributed by atoms with Crippen molar-refractivity contribution in [3.8, 4) is 11.5 Å². The molecule has 0 fully saturated rings. The van der Waals surface area contributed by atoms with Crippen molar-refractivity contribution in [1.29, 1.82) is 0 Å². The third-order valence-corrected chi connectivity index (χ3v) is 4.45. The lowest BCUT2D eigenvalue weighted by molar-refractivity contribution is 0.0974. The minimum absolute atomic E-state index is 0.00620. The van der Waals surface area contributed by atoms with E-state index in [0.717, 1.165) is 11.1 Å².